The molecule has 1 heterocycles. The van der Waals surface area contributed by atoms with Gasteiger partial charge in [-0.05, 0) is 41.0 Å². The number of carbonyl (C=O) groups excluding carboxylic acids is 2. The van der Waals surface area contributed by atoms with E-state index in [9.17, 15) is 14.4 Å². The minimum Gasteiger partial charge on any atom is -0.481 e. The van der Waals surface area contributed by atoms with Crippen LogP contribution in [-0.4, -0.2) is 53.2 Å². The number of rotatable bonds is 7. The molecule has 7 heteroatoms. The first-order chi connectivity index (χ1) is 15.9. The summed E-state index contributed by atoms with van der Waals surface area (Å²) in [5, 5.41) is 11.9. The number of fused-ring (bicyclic) bond motifs is 3. The minimum absolute atomic E-state index is 0.0603. The number of nitrogens with one attached hydrogen (secondary N) is 1. The normalized spacial score (nSPS) is 18.0. The van der Waals surface area contributed by atoms with Gasteiger partial charge in [0.25, 0.3) is 0 Å². The van der Waals surface area contributed by atoms with Gasteiger partial charge in [-0.15, -0.1) is 0 Å². The van der Waals surface area contributed by atoms with E-state index in [0.717, 1.165) is 28.7 Å². The number of carbonyl (C=O) groups is 3. The summed E-state index contributed by atoms with van der Waals surface area (Å²) in [6.45, 7) is 4.39. The van der Waals surface area contributed by atoms with Gasteiger partial charge in [0.1, 0.15) is 12.6 Å². The molecule has 0 bridgehead atoms. The predicted molar refractivity (Wildman–Crippen MR) is 124 cm³/mol. The number of amides is 2. The third kappa shape index (κ3) is 4.72. The molecule has 2 aromatic rings. The van der Waals surface area contributed by atoms with E-state index in [2.05, 4.69) is 29.6 Å². The van der Waals surface area contributed by atoms with Crippen LogP contribution < -0.4 is 5.32 Å². The first-order valence-electron chi connectivity index (χ1n) is 11.5. The molecule has 1 aliphatic heterocycles. The third-order valence-corrected chi connectivity index (χ3v) is 6.62. The summed E-state index contributed by atoms with van der Waals surface area (Å²) in [6.07, 6.45) is 0.701. The smallest absolute Gasteiger partial charge is 0.407 e. The Morgan fingerprint density at radius 2 is 1.67 bits per heavy atom. The molecule has 0 spiro atoms. The van der Waals surface area contributed by atoms with Gasteiger partial charge in [0.2, 0.25) is 5.91 Å². The molecule has 0 saturated carbocycles. The fraction of sp³-hybridized carbons (Fsp3) is 0.423. The van der Waals surface area contributed by atoms with Crippen LogP contribution in [0, 0.1) is 5.92 Å². The standard InChI is InChI=1S/C26H30N2O5/c1-16(2)24(25(31)28-13-7-8-17(28)14-23(29)30)27-26(32)33-15-22-20-11-5-3-9-18(20)19-10-4-6-12-21(19)22/h3-6,9-12,16-17,22,24H,7-8,13-15H2,1-2H3,(H,27,32)(H,29,30)/t17-,24-/m1/s1. The number of aliphatic carboxylic acids is 1. The molecule has 0 aromatic heterocycles. The van der Waals surface area contributed by atoms with Crippen LogP contribution in [0.4, 0.5) is 4.79 Å². The van der Waals surface area contributed by atoms with Gasteiger partial charge in [0, 0.05) is 18.5 Å². The van der Waals surface area contributed by atoms with Crippen molar-refractivity contribution in [3.63, 3.8) is 0 Å². The van der Waals surface area contributed by atoms with Crippen molar-refractivity contribution in [1.29, 1.82) is 0 Å². The molecular weight excluding hydrogens is 420 g/mol. The Kier molecular flexibility index (Phi) is 6.67. The van der Waals surface area contributed by atoms with Crippen LogP contribution in [0.1, 0.15) is 50.2 Å². The maximum absolute atomic E-state index is 13.2. The van der Waals surface area contributed by atoms with Gasteiger partial charge in [0.05, 0.1) is 6.42 Å². The summed E-state index contributed by atoms with van der Waals surface area (Å²) in [5.41, 5.74) is 4.54. The first-order valence-corrected chi connectivity index (χ1v) is 11.5. The SMILES string of the molecule is CC(C)[C@@H](NC(=O)OCC1c2ccccc2-c2ccccc21)C(=O)N1CCC[C@@H]1CC(=O)O. The molecule has 0 unspecified atom stereocenters. The zero-order chi connectivity index (χ0) is 23.5. The van der Waals surface area contributed by atoms with Crippen molar-refractivity contribution in [2.24, 2.45) is 5.92 Å². The van der Waals surface area contributed by atoms with Crippen LogP contribution in [0.25, 0.3) is 11.1 Å². The van der Waals surface area contributed by atoms with Crippen LogP contribution in [-0.2, 0) is 14.3 Å². The number of nitrogens with zero attached hydrogens (tertiary/aromatic N) is 1. The predicted octanol–water partition coefficient (Wildman–Crippen LogP) is 4.02. The molecular formula is C26H30N2O5. The molecule has 1 saturated heterocycles. The van der Waals surface area contributed by atoms with E-state index in [1.54, 1.807) is 4.90 Å². The third-order valence-electron chi connectivity index (χ3n) is 6.62. The highest BCUT2D eigenvalue weighted by molar-refractivity contribution is 5.87. The molecule has 2 aliphatic rings. The molecule has 33 heavy (non-hydrogen) atoms. The summed E-state index contributed by atoms with van der Waals surface area (Å²) in [5.74, 6) is -1.40. The van der Waals surface area contributed by atoms with E-state index in [0.29, 0.717) is 13.0 Å². The van der Waals surface area contributed by atoms with Crippen LogP contribution in [0.5, 0.6) is 0 Å². The molecule has 4 rings (SSSR count). The largest absolute Gasteiger partial charge is 0.481 e. The molecule has 0 radical (unpaired) electrons. The second-order valence-electron chi connectivity index (χ2n) is 9.12. The molecule has 1 fully saturated rings. The van der Waals surface area contributed by atoms with Crippen LogP contribution in [0.3, 0.4) is 0 Å². The van der Waals surface area contributed by atoms with Gasteiger partial charge in [-0.3, -0.25) is 9.59 Å². The molecule has 2 amide bonds. The lowest BCUT2D eigenvalue weighted by Gasteiger charge is -2.30. The van der Waals surface area contributed by atoms with Crippen molar-refractivity contribution in [2.45, 2.75) is 51.1 Å². The zero-order valence-electron chi connectivity index (χ0n) is 19.0. The number of carboxylic acids is 1. The maximum atomic E-state index is 13.2. The fourth-order valence-electron chi connectivity index (χ4n) is 5.00. The van der Waals surface area contributed by atoms with Crippen molar-refractivity contribution in [1.82, 2.24) is 10.2 Å². The van der Waals surface area contributed by atoms with Crippen LogP contribution in [0.15, 0.2) is 48.5 Å². The van der Waals surface area contributed by atoms with Crippen molar-refractivity contribution >= 4 is 18.0 Å². The van der Waals surface area contributed by atoms with Gasteiger partial charge >= 0.3 is 12.1 Å². The van der Waals surface area contributed by atoms with E-state index in [1.807, 2.05) is 38.1 Å². The summed E-state index contributed by atoms with van der Waals surface area (Å²) >= 11 is 0. The Morgan fingerprint density at radius 3 is 2.24 bits per heavy atom. The lowest BCUT2D eigenvalue weighted by atomic mass is 9.98. The summed E-state index contributed by atoms with van der Waals surface area (Å²) in [7, 11) is 0. The molecule has 1 aliphatic carbocycles. The van der Waals surface area contributed by atoms with Crippen molar-refractivity contribution in [2.75, 3.05) is 13.2 Å². The number of hydrogen-bond donors (Lipinski definition) is 2. The van der Waals surface area contributed by atoms with Gasteiger partial charge in [0.15, 0.2) is 0 Å². The molecule has 174 valence electrons. The van der Waals surface area contributed by atoms with Gasteiger partial charge in [-0.2, -0.15) is 0 Å². The Morgan fingerprint density at radius 1 is 1.06 bits per heavy atom. The quantitative estimate of drug-likeness (QED) is 0.664. The average molecular weight is 451 g/mol. The topological polar surface area (TPSA) is 95.9 Å². The highest BCUT2D eigenvalue weighted by Gasteiger charge is 2.37. The summed E-state index contributed by atoms with van der Waals surface area (Å²) in [4.78, 5) is 38.6. The molecule has 2 atom stereocenters. The highest BCUT2D eigenvalue weighted by Crippen LogP contribution is 2.44. The Bertz CT molecular complexity index is 1000. The fourth-order valence-corrected chi connectivity index (χ4v) is 5.00. The first kappa shape index (κ1) is 22.8. The summed E-state index contributed by atoms with van der Waals surface area (Å²) in [6, 6.07) is 15.1. The van der Waals surface area contributed by atoms with E-state index in [-0.39, 0.29) is 36.8 Å². The Balaban J connectivity index is 1.42. The second kappa shape index (κ2) is 9.65. The van der Waals surface area contributed by atoms with Gasteiger partial charge in [-0.1, -0.05) is 62.4 Å². The zero-order valence-corrected chi connectivity index (χ0v) is 19.0. The number of likely N-dealkylation sites (tertiary alicyclic amines) is 1. The molecule has 2 aromatic carbocycles. The maximum Gasteiger partial charge on any atom is 0.407 e. The van der Waals surface area contributed by atoms with E-state index < -0.39 is 18.1 Å². The van der Waals surface area contributed by atoms with E-state index in [1.165, 1.54) is 0 Å². The van der Waals surface area contributed by atoms with Crippen molar-refractivity contribution in [3.8, 4) is 11.1 Å². The van der Waals surface area contributed by atoms with Crippen LogP contribution in [0.2, 0.25) is 0 Å². The lowest BCUT2D eigenvalue weighted by molar-refractivity contribution is -0.140. The van der Waals surface area contributed by atoms with Crippen LogP contribution >= 0.6 is 0 Å². The number of benzene rings is 2. The number of ether oxygens (including phenoxy) is 1. The summed E-state index contributed by atoms with van der Waals surface area (Å²) < 4.78 is 5.61. The minimum atomic E-state index is -0.926. The monoisotopic (exact) mass is 450 g/mol. The number of alkyl carbamates (subject to hydrolysis) is 1. The van der Waals surface area contributed by atoms with Crippen molar-refractivity contribution in [3.05, 3.63) is 59.7 Å². The highest BCUT2D eigenvalue weighted by atomic mass is 16.5. The number of carboxylic acid groups (broad SMARTS) is 1. The van der Waals surface area contributed by atoms with Crippen molar-refractivity contribution < 1.29 is 24.2 Å². The van der Waals surface area contributed by atoms with Gasteiger partial charge in [-0.25, -0.2) is 4.79 Å². The Labute approximate surface area is 193 Å². The van der Waals surface area contributed by atoms with Gasteiger partial charge < -0.3 is 20.1 Å². The van der Waals surface area contributed by atoms with E-state index >= 15 is 0 Å². The van der Waals surface area contributed by atoms with E-state index in [4.69, 9.17) is 9.84 Å². The number of hydrogen-bond acceptors (Lipinski definition) is 4. The second-order valence-corrected chi connectivity index (χ2v) is 9.12. The Hall–Kier alpha value is -3.35. The molecule has 7 nitrogen and oxygen atoms in total. The average Bonchev–Trinajstić information content (AvgIpc) is 3.37. The molecule has 2 N–H and O–H groups in total. The lowest BCUT2D eigenvalue weighted by Crippen LogP contribution is -2.52.